The SMILES string of the molecule is C=C.C=C.C=CC(=O)OC/C=C/COc1ccc(-c2ccc(-c3ccc(OC/C=C/COC(=O)C=C)cc3)cc2)cc1. The number of hydrogen-bond acceptors (Lipinski definition) is 6. The number of benzene rings is 3. The molecule has 3 aromatic rings. The second kappa shape index (κ2) is 21.5. The normalized spacial score (nSPS) is 9.90. The molecule has 0 unspecified atom stereocenters. The molecule has 0 aliphatic rings. The minimum atomic E-state index is -0.449. The van der Waals surface area contributed by atoms with E-state index in [-0.39, 0.29) is 13.2 Å². The Bertz CT molecular complexity index is 1180. The largest absolute Gasteiger partial charge is 0.490 e. The van der Waals surface area contributed by atoms with Crippen LogP contribution in [0.3, 0.4) is 0 Å². The quantitative estimate of drug-likeness (QED) is 0.112. The highest BCUT2D eigenvalue weighted by molar-refractivity contribution is 5.81. The zero-order valence-corrected chi connectivity index (χ0v) is 23.9. The fourth-order valence-electron chi connectivity index (χ4n) is 3.28. The Morgan fingerprint density at radius 2 is 0.738 bits per heavy atom. The van der Waals surface area contributed by atoms with E-state index in [1.54, 1.807) is 24.3 Å². The van der Waals surface area contributed by atoms with Crippen molar-refractivity contribution in [3.63, 3.8) is 0 Å². The number of rotatable bonds is 14. The molecule has 0 saturated heterocycles. The van der Waals surface area contributed by atoms with Gasteiger partial charge in [-0.25, -0.2) is 9.59 Å². The van der Waals surface area contributed by atoms with Crippen LogP contribution in [0.25, 0.3) is 22.3 Å². The topological polar surface area (TPSA) is 71.1 Å². The molecule has 0 heterocycles. The molecule has 0 amide bonds. The first kappa shape index (κ1) is 34.7. The average molecular weight is 567 g/mol. The second-order valence-electron chi connectivity index (χ2n) is 7.86. The molecule has 0 aliphatic heterocycles. The maximum absolute atomic E-state index is 11.0. The van der Waals surface area contributed by atoms with Crippen molar-refractivity contribution < 1.29 is 28.5 Å². The van der Waals surface area contributed by atoms with Gasteiger partial charge in [-0.1, -0.05) is 61.7 Å². The highest BCUT2D eigenvalue weighted by Gasteiger charge is 2.02. The Morgan fingerprint density at radius 3 is 1.02 bits per heavy atom. The van der Waals surface area contributed by atoms with E-state index in [1.807, 2.05) is 48.5 Å². The fourth-order valence-corrected chi connectivity index (χ4v) is 3.28. The summed E-state index contributed by atoms with van der Waals surface area (Å²) in [7, 11) is 0. The van der Waals surface area contributed by atoms with Crippen molar-refractivity contribution >= 4 is 11.9 Å². The third kappa shape index (κ3) is 13.1. The summed E-state index contributed by atoms with van der Waals surface area (Å²) in [5.74, 6) is 0.615. The minimum absolute atomic E-state index is 0.191. The van der Waals surface area contributed by atoms with Crippen molar-refractivity contribution in [1.82, 2.24) is 0 Å². The molecule has 42 heavy (non-hydrogen) atoms. The number of ether oxygens (including phenoxy) is 4. The maximum Gasteiger partial charge on any atom is 0.330 e. The summed E-state index contributed by atoms with van der Waals surface area (Å²) in [5, 5.41) is 0. The molecule has 0 saturated carbocycles. The van der Waals surface area contributed by atoms with Crippen LogP contribution in [0.1, 0.15) is 0 Å². The van der Waals surface area contributed by atoms with Gasteiger partial charge in [-0.3, -0.25) is 0 Å². The Morgan fingerprint density at radius 1 is 0.476 bits per heavy atom. The van der Waals surface area contributed by atoms with Gasteiger partial charge in [-0.15, -0.1) is 26.3 Å². The zero-order valence-electron chi connectivity index (χ0n) is 23.9. The van der Waals surface area contributed by atoms with Crippen molar-refractivity contribution in [3.05, 3.63) is 149 Å². The lowest BCUT2D eigenvalue weighted by Gasteiger charge is -2.08. The van der Waals surface area contributed by atoms with Gasteiger partial charge in [0.1, 0.15) is 37.9 Å². The molecular weight excluding hydrogens is 528 g/mol. The maximum atomic E-state index is 11.0. The van der Waals surface area contributed by atoms with Gasteiger partial charge in [0.2, 0.25) is 0 Å². The molecular formula is C36H38O6. The number of carbonyl (C=O) groups excluding carboxylic acids is 2. The van der Waals surface area contributed by atoms with Crippen LogP contribution in [0, 0.1) is 0 Å². The molecule has 3 rings (SSSR count). The first-order valence-corrected chi connectivity index (χ1v) is 13.0. The van der Waals surface area contributed by atoms with Gasteiger partial charge in [0, 0.05) is 12.2 Å². The molecule has 0 aromatic heterocycles. The number of hydrogen-bond donors (Lipinski definition) is 0. The summed E-state index contributed by atoms with van der Waals surface area (Å²) < 4.78 is 21.1. The standard InChI is InChI=1S/C32H30O6.2C2H4/c1-3-31(33)37-23-7-5-21-35-29-17-13-27(14-18-29)25-9-11-26(12-10-25)28-15-19-30(20-16-28)36-22-6-8-24-38-32(34)4-2;2*1-2/h3-20H,1-2,21-24H2;2*1-2H2/b7-5+,8-6+;;. The molecule has 0 N–H and O–H groups in total. The van der Waals surface area contributed by atoms with Crippen LogP contribution in [0.2, 0.25) is 0 Å². The zero-order chi connectivity index (χ0) is 31.0. The summed E-state index contributed by atoms with van der Waals surface area (Å²) in [6, 6.07) is 24.1. The highest BCUT2D eigenvalue weighted by atomic mass is 16.5. The predicted octanol–water partition coefficient (Wildman–Crippen LogP) is 7.95. The molecule has 0 fully saturated rings. The van der Waals surface area contributed by atoms with E-state index >= 15 is 0 Å². The molecule has 3 aromatic carbocycles. The molecule has 218 valence electrons. The third-order valence-corrected chi connectivity index (χ3v) is 5.26. The summed E-state index contributed by atoms with van der Waals surface area (Å²) in [5.41, 5.74) is 4.39. The number of esters is 2. The first-order chi connectivity index (χ1) is 20.6. The molecule has 6 heteroatoms. The number of carbonyl (C=O) groups is 2. The van der Waals surface area contributed by atoms with Gasteiger partial charge in [-0.2, -0.15) is 0 Å². The molecule has 0 aliphatic carbocycles. The van der Waals surface area contributed by atoms with Crippen LogP contribution in [-0.2, 0) is 19.1 Å². The van der Waals surface area contributed by atoms with Gasteiger partial charge in [-0.05, 0) is 70.8 Å². The Hall–Kier alpha value is -5.36. The van der Waals surface area contributed by atoms with Crippen LogP contribution < -0.4 is 9.47 Å². The molecule has 0 atom stereocenters. The Labute approximate surface area is 249 Å². The summed E-state index contributed by atoms with van der Waals surface area (Å²) in [6.07, 6.45) is 9.31. The van der Waals surface area contributed by atoms with Crippen molar-refractivity contribution in [2.45, 2.75) is 0 Å². The molecule has 0 bridgehead atoms. The van der Waals surface area contributed by atoms with Crippen LogP contribution in [0.5, 0.6) is 11.5 Å². The van der Waals surface area contributed by atoms with E-state index in [9.17, 15) is 9.59 Å². The third-order valence-electron chi connectivity index (χ3n) is 5.26. The fraction of sp³-hybridized carbons (Fsp3) is 0.111. The average Bonchev–Trinajstić information content (AvgIpc) is 3.06. The van der Waals surface area contributed by atoms with Gasteiger partial charge < -0.3 is 18.9 Å². The van der Waals surface area contributed by atoms with E-state index in [0.29, 0.717) is 13.2 Å². The van der Waals surface area contributed by atoms with Gasteiger partial charge in [0.05, 0.1) is 0 Å². The lowest BCUT2D eigenvalue weighted by Crippen LogP contribution is -2.00. The molecule has 0 spiro atoms. The van der Waals surface area contributed by atoms with Crippen molar-refractivity contribution in [2.24, 2.45) is 0 Å². The van der Waals surface area contributed by atoms with Crippen molar-refractivity contribution in [1.29, 1.82) is 0 Å². The molecule has 6 nitrogen and oxygen atoms in total. The van der Waals surface area contributed by atoms with Crippen LogP contribution in [0.15, 0.2) is 149 Å². The second-order valence-corrected chi connectivity index (χ2v) is 7.86. The lowest BCUT2D eigenvalue weighted by molar-refractivity contribution is -0.137. The smallest absolute Gasteiger partial charge is 0.330 e. The van der Waals surface area contributed by atoms with Crippen LogP contribution in [0.4, 0.5) is 0 Å². The van der Waals surface area contributed by atoms with E-state index < -0.39 is 11.9 Å². The van der Waals surface area contributed by atoms with Crippen LogP contribution >= 0.6 is 0 Å². The van der Waals surface area contributed by atoms with Gasteiger partial charge in [0.25, 0.3) is 0 Å². The van der Waals surface area contributed by atoms with Gasteiger partial charge in [0.15, 0.2) is 0 Å². The Balaban J connectivity index is 0.00000211. The van der Waals surface area contributed by atoms with E-state index in [2.05, 4.69) is 63.7 Å². The van der Waals surface area contributed by atoms with Crippen molar-refractivity contribution in [3.8, 4) is 33.8 Å². The molecule has 0 radical (unpaired) electrons. The van der Waals surface area contributed by atoms with Gasteiger partial charge >= 0.3 is 11.9 Å². The van der Waals surface area contributed by atoms with Crippen molar-refractivity contribution in [2.75, 3.05) is 26.4 Å². The monoisotopic (exact) mass is 566 g/mol. The minimum Gasteiger partial charge on any atom is -0.490 e. The summed E-state index contributed by atoms with van der Waals surface area (Å²) >= 11 is 0. The lowest BCUT2D eigenvalue weighted by atomic mass is 10.0. The van der Waals surface area contributed by atoms with E-state index in [1.165, 1.54) is 0 Å². The first-order valence-electron chi connectivity index (χ1n) is 13.0. The predicted molar refractivity (Wildman–Crippen MR) is 171 cm³/mol. The highest BCUT2D eigenvalue weighted by Crippen LogP contribution is 2.27. The summed E-state index contributed by atoms with van der Waals surface area (Å²) in [6.45, 7) is 19.8. The summed E-state index contributed by atoms with van der Waals surface area (Å²) in [4.78, 5) is 21.9. The van der Waals surface area contributed by atoms with E-state index in [4.69, 9.17) is 18.9 Å². The van der Waals surface area contributed by atoms with E-state index in [0.717, 1.165) is 45.9 Å². The Kier molecular flexibility index (Phi) is 17.7. The van der Waals surface area contributed by atoms with Crippen LogP contribution in [-0.4, -0.2) is 38.4 Å².